The predicted octanol–water partition coefficient (Wildman–Crippen LogP) is 2.36. The average Bonchev–Trinajstić information content (AvgIpc) is 3.05. The van der Waals surface area contributed by atoms with Gasteiger partial charge in [0.2, 0.25) is 0 Å². The van der Waals surface area contributed by atoms with E-state index in [2.05, 4.69) is 5.32 Å². The number of benzene rings is 1. The van der Waals surface area contributed by atoms with Crippen LogP contribution in [0.15, 0.2) is 29.6 Å². The van der Waals surface area contributed by atoms with Gasteiger partial charge >= 0.3 is 5.97 Å². The Balaban J connectivity index is 1.80. The molecule has 1 aliphatic heterocycles. The summed E-state index contributed by atoms with van der Waals surface area (Å²) in [4.78, 5) is 26.4. The molecule has 8 heteroatoms. The molecule has 156 valence electrons. The maximum absolute atomic E-state index is 13.3. The van der Waals surface area contributed by atoms with Crippen molar-refractivity contribution in [1.29, 1.82) is 0 Å². The van der Waals surface area contributed by atoms with Crippen LogP contribution in [-0.4, -0.2) is 50.3 Å². The Morgan fingerprint density at radius 2 is 1.90 bits per heavy atom. The number of thiophene rings is 1. The van der Waals surface area contributed by atoms with Crippen molar-refractivity contribution in [2.75, 3.05) is 31.6 Å². The molecule has 2 heterocycles. The third kappa shape index (κ3) is 5.41. The smallest absolute Gasteiger partial charge is 0.341 e. The number of ether oxygens (including phenoxy) is 2. The zero-order valence-corrected chi connectivity index (χ0v) is 17.6. The lowest BCUT2D eigenvalue weighted by atomic mass is 10.0. The quantitative estimate of drug-likeness (QED) is 0.703. The molecule has 6 nitrogen and oxygen atoms in total. The standard InChI is InChI=1S/C21H25FN2O4S/c1-4-27-21(26)19-17(15-5-7-16(22)8-6-15)12-29-20(19)23-18(25)11-24-9-13(2)28-14(3)10-24/h5-8,12-14H,4,9-11H2,1-3H3,(H,23,25)/p+1/t13-,14-/m0/s1. The molecule has 0 aliphatic carbocycles. The fraction of sp³-hybridized carbons (Fsp3) is 0.429. The molecule has 1 aromatic carbocycles. The van der Waals surface area contributed by atoms with E-state index >= 15 is 0 Å². The number of nitrogens with one attached hydrogen (secondary N) is 2. The first kappa shape index (κ1) is 21.4. The number of halogens is 1. The Morgan fingerprint density at radius 1 is 1.24 bits per heavy atom. The van der Waals surface area contributed by atoms with Crippen LogP contribution in [0.2, 0.25) is 0 Å². The van der Waals surface area contributed by atoms with Crippen molar-refractivity contribution in [1.82, 2.24) is 0 Å². The molecule has 0 radical (unpaired) electrons. The van der Waals surface area contributed by atoms with E-state index in [9.17, 15) is 14.0 Å². The topological polar surface area (TPSA) is 69.1 Å². The van der Waals surface area contributed by atoms with Crippen LogP contribution in [-0.2, 0) is 14.3 Å². The summed E-state index contributed by atoms with van der Waals surface area (Å²) < 4.78 is 24.2. The monoisotopic (exact) mass is 421 g/mol. The van der Waals surface area contributed by atoms with Crippen LogP contribution < -0.4 is 10.2 Å². The third-order valence-electron chi connectivity index (χ3n) is 4.71. The molecule has 1 aliphatic rings. The van der Waals surface area contributed by atoms with Crippen molar-refractivity contribution >= 4 is 28.2 Å². The van der Waals surface area contributed by atoms with E-state index in [0.717, 1.165) is 18.0 Å². The van der Waals surface area contributed by atoms with Crippen LogP contribution in [0, 0.1) is 5.82 Å². The number of quaternary nitrogens is 1. The van der Waals surface area contributed by atoms with Crippen LogP contribution >= 0.6 is 11.3 Å². The maximum Gasteiger partial charge on any atom is 0.341 e. The van der Waals surface area contributed by atoms with Crippen molar-refractivity contribution in [2.45, 2.75) is 33.0 Å². The fourth-order valence-corrected chi connectivity index (χ4v) is 4.60. The fourth-order valence-electron chi connectivity index (χ4n) is 3.63. The summed E-state index contributed by atoms with van der Waals surface area (Å²) >= 11 is 1.26. The number of hydrogen-bond acceptors (Lipinski definition) is 5. The van der Waals surface area contributed by atoms with Gasteiger partial charge in [0.1, 0.15) is 41.7 Å². The molecule has 1 amide bonds. The lowest BCUT2D eigenvalue weighted by Gasteiger charge is -2.31. The zero-order chi connectivity index (χ0) is 21.0. The van der Waals surface area contributed by atoms with E-state index < -0.39 is 5.97 Å². The molecule has 0 spiro atoms. The van der Waals surface area contributed by atoms with Crippen LogP contribution in [0.3, 0.4) is 0 Å². The van der Waals surface area contributed by atoms with Gasteiger partial charge in [0, 0.05) is 10.9 Å². The Bertz CT molecular complexity index is 858. The molecule has 2 aromatic rings. The first-order chi connectivity index (χ1) is 13.9. The number of morpholine rings is 1. The molecular formula is C21H26FN2O4S+. The van der Waals surface area contributed by atoms with Gasteiger partial charge in [0.25, 0.3) is 5.91 Å². The van der Waals surface area contributed by atoms with Gasteiger partial charge in [-0.05, 0) is 38.5 Å². The Morgan fingerprint density at radius 3 is 2.52 bits per heavy atom. The molecule has 0 unspecified atom stereocenters. The van der Waals surface area contributed by atoms with Crippen LogP contribution in [0.1, 0.15) is 31.1 Å². The first-order valence-electron chi connectivity index (χ1n) is 9.70. The van der Waals surface area contributed by atoms with Gasteiger partial charge < -0.3 is 19.7 Å². The minimum atomic E-state index is -0.510. The van der Waals surface area contributed by atoms with Crippen LogP contribution in [0.25, 0.3) is 11.1 Å². The summed E-state index contributed by atoms with van der Waals surface area (Å²) in [5, 5.41) is 5.10. The molecule has 1 aromatic heterocycles. The summed E-state index contributed by atoms with van der Waals surface area (Å²) in [5.41, 5.74) is 1.60. The number of carbonyl (C=O) groups is 2. The summed E-state index contributed by atoms with van der Waals surface area (Å²) in [6, 6.07) is 5.88. The highest BCUT2D eigenvalue weighted by Gasteiger charge is 2.28. The minimum Gasteiger partial charge on any atom is -0.462 e. The van der Waals surface area contributed by atoms with Gasteiger partial charge in [-0.15, -0.1) is 11.3 Å². The normalized spacial score (nSPS) is 21.6. The molecule has 0 bridgehead atoms. The minimum absolute atomic E-state index is 0.100. The molecule has 3 rings (SSSR count). The van der Waals surface area contributed by atoms with Crippen molar-refractivity contribution in [3.8, 4) is 11.1 Å². The zero-order valence-electron chi connectivity index (χ0n) is 16.8. The highest BCUT2D eigenvalue weighted by Crippen LogP contribution is 2.36. The van der Waals surface area contributed by atoms with E-state index in [1.165, 1.54) is 23.5 Å². The van der Waals surface area contributed by atoms with Crippen molar-refractivity contribution in [2.24, 2.45) is 0 Å². The highest BCUT2D eigenvalue weighted by atomic mass is 32.1. The number of anilines is 1. The van der Waals surface area contributed by atoms with E-state index in [1.807, 2.05) is 13.8 Å². The lowest BCUT2D eigenvalue weighted by Crippen LogP contribution is -3.16. The number of hydrogen-bond donors (Lipinski definition) is 2. The molecule has 29 heavy (non-hydrogen) atoms. The van der Waals surface area contributed by atoms with Gasteiger partial charge in [-0.1, -0.05) is 12.1 Å². The number of rotatable bonds is 6. The summed E-state index contributed by atoms with van der Waals surface area (Å²) in [6.45, 7) is 7.76. The molecule has 2 atom stereocenters. The Hall–Kier alpha value is -2.29. The van der Waals surface area contributed by atoms with E-state index in [0.29, 0.717) is 28.2 Å². The Kier molecular flexibility index (Phi) is 7.00. The second-order valence-corrected chi connectivity index (χ2v) is 8.10. The lowest BCUT2D eigenvalue weighted by molar-refractivity contribution is -0.907. The summed E-state index contributed by atoms with van der Waals surface area (Å²) in [6.07, 6.45) is 0.201. The second-order valence-electron chi connectivity index (χ2n) is 7.22. The van der Waals surface area contributed by atoms with Crippen LogP contribution in [0.5, 0.6) is 0 Å². The molecular weight excluding hydrogens is 395 g/mol. The maximum atomic E-state index is 13.3. The van der Waals surface area contributed by atoms with Gasteiger partial charge in [0.05, 0.1) is 6.61 Å². The van der Waals surface area contributed by atoms with Crippen molar-refractivity contribution in [3.63, 3.8) is 0 Å². The number of amides is 1. The molecule has 0 saturated carbocycles. The van der Waals surface area contributed by atoms with Gasteiger partial charge in [0.15, 0.2) is 6.54 Å². The SMILES string of the molecule is CCOC(=O)c1c(-c2ccc(F)cc2)csc1NC(=O)C[NH+]1C[C@H](C)O[C@@H](C)C1. The van der Waals surface area contributed by atoms with Crippen LogP contribution in [0.4, 0.5) is 9.39 Å². The average molecular weight is 422 g/mol. The van der Waals surface area contributed by atoms with Crippen molar-refractivity contribution in [3.05, 3.63) is 41.0 Å². The van der Waals surface area contributed by atoms with E-state index in [4.69, 9.17) is 9.47 Å². The Labute approximate surface area is 173 Å². The predicted molar refractivity (Wildman–Crippen MR) is 110 cm³/mol. The molecule has 1 fully saturated rings. The highest BCUT2D eigenvalue weighted by molar-refractivity contribution is 7.15. The van der Waals surface area contributed by atoms with Gasteiger partial charge in [-0.25, -0.2) is 9.18 Å². The van der Waals surface area contributed by atoms with Gasteiger partial charge in [-0.2, -0.15) is 0 Å². The van der Waals surface area contributed by atoms with Crippen molar-refractivity contribution < 1.29 is 28.4 Å². The third-order valence-corrected chi connectivity index (χ3v) is 5.60. The number of carbonyl (C=O) groups excluding carboxylic acids is 2. The summed E-state index contributed by atoms with van der Waals surface area (Å²) in [7, 11) is 0. The van der Waals surface area contributed by atoms with E-state index in [-0.39, 0.29) is 30.5 Å². The second kappa shape index (κ2) is 9.47. The van der Waals surface area contributed by atoms with E-state index in [1.54, 1.807) is 24.4 Å². The van der Waals surface area contributed by atoms with Gasteiger partial charge in [-0.3, -0.25) is 4.79 Å². The molecule has 2 N–H and O–H groups in total. The summed E-state index contributed by atoms with van der Waals surface area (Å²) in [5.74, 6) is -1.03. The molecule has 1 saturated heterocycles. The first-order valence-corrected chi connectivity index (χ1v) is 10.6. The number of esters is 1. The largest absolute Gasteiger partial charge is 0.462 e.